The summed E-state index contributed by atoms with van der Waals surface area (Å²) in [7, 11) is 1.97. The highest BCUT2D eigenvalue weighted by molar-refractivity contribution is 4.96. The van der Waals surface area contributed by atoms with Crippen LogP contribution in [0.3, 0.4) is 0 Å². The molecule has 0 unspecified atom stereocenters. The number of aryl methyl sites for hydroxylation is 1. The molecule has 2 N–H and O–H groups in total. The number of imidazole rings is 1. The molecule has 0 saturated heterocycles. The van der Waals surface area contributed by atoms with Crippen molar-refractivity contribution in [3.8, 4) is 0 Å². The Labute approximate surface area is 72.2 Å². The number of rotatable bonds is 5. The van der Waals surface area contributed by atoms with Crippen molar-refractivity contribution in [1.29, 1.82) is 0 Å². The molecule has 0 aromatic carbocycles. The van der Waals surface area contributed by atoms with Crippen molar-refractivity contribution in [3.05, 3.63) is 18.2 Å². The predicted octanol–water partition coefficient (Wildman–Crippen LogP) is -0.108. The molecule has 0 aliphatic rings. The molecule has 1 aromatic heterocycles. The maximum Gasteiger partial charge on any atom is 0.0945 e. The van der Waals surface area contributed by atoms with E-state index < -0.39 is 0 Å². The Morgan fingerprint density at radius 3 is 3.08 bits per heavy atom. The minimum Gasteiger partial charge on any atom is -0.396 e. The van der Waals surface area contributed by atoms with Crippen LogP contribution in [0.1, 0.15) is 12.1 Å². The lowest BCUT2D eigenvalue weighted by Gasteiger charge is -2.03. The van der Waals surface area contributed by atoms with Crippen molar-refractivity contribution in [1.82, 2.24) is 14.9 Å². The van der Waals surface area contributed by atoms with Crippen LogP contribution in [0.5, 0.6) is 0 Å². The fraction of sp³-hybridized carbons (Fsp3) is 0.625. The van der Waals surface area contributed by atoms with Crippen molar-refractivity contribution in [2.24, 2.45) is 7.05 Å². The zero-order valence-electron chi connectivity index (χ0n) is 7.32. The molecule has 0 aliphatic carbocycles. The van der Waals surface area contributed by atoms with Gasteiger partial charge in [-0.3, -0.25) is 0 Å². The van der Waals surface area contributed by atoms with Crippen molar-refractivity contribution < 1.29 is 5.11 Å². The molecule has 1 rings (SSSR count). The van der Waals surface area contributed by atoms with Gasteiger partial charge in [-0.15, -0.1) is 0 Å². The minimum absolute atomic E-state index is 0.248. The number of hydrogen-bond acceptors (Lipinski definition) is 3. The van der Waals surface area contributed by atoms with E-state index in [-0.39, 0.29) is 6.61 Å². The molecule has 0 spiro atoms. The molecule has 0 amide bonds. The van der Waals surface area contributed by atoms with Crippen molar-refractivity contribution in [2.75, 3.05) is 13.2 Å². The lowest BCUT2D eigenvalue weighted by atomic mass is 10.4. The molecule has 12 heavy (non-hydrogen) atoms. The molecule has 68 valence electrons. The van der Waals surface area contributed by atoms with E-state index in [1.54, 1.807) is 6.33 Å². The quantitative estimate of drug-likeness (QED) is 0.605. The van der Waals surface area contributed by atoms with Gasteiger partial charge in [0.25, 0.3) is 0 Å². The Bertz CT molecular complexity index is 222. The van der Waals surface area contributed by atoms with Crippen LogP contribution in [0.25, 0.3) is 0 Å². The van der Waals surface area contributed by atoms with E-state index in [1.165, 1.54) is 0 Å². The molecule has 0 saturated carbocycles. The van der Waals surface area contributed by atoms with Gasteiger partial charge in [-0.25, -0.2) is 4.98 Å². The molecule has 4 nitrogen and oxygen atoms in total. The largest absolute Gasteiger partial charge is 0.396 e. The first-order valence-electron chi connectivity index (χ1n) is 4.11. The van der Waals surface area contributed by atoms with Crippen LogP contribution in [-0.2, 0) is 13.6 Å². The van der Waals surface area contributed by atoms with Crippen LogP contribution in [0.2, 0.25) is 0 Å². The zero-order valence-corrected chi connectivity index (χ0v) is 7.32. The highest BCUT2D eigenvalue weighted by Crippen LogP contribution is 1.94. The van der Waals surface area contributed by atoms with E-state index >= 15 is 0 Å². The molecule has 0 aliphatic heterocycles. The van der Waals surface area contributed by atoms with E-state index in [9.17, 15) is 0 Å². The van der Waals surface area contributed by atoms with E-state index in [0.717, 1.165) is 25.2 Å². The average molecular weight is 169 g/mol. The molecule has 0 radical (unpaired) electrons. The number of aromatic nitrogens is 2. The third kappa shape index (κ3) is 2.64. The van der Waals surface area contributed by atoms with Crippen LogP contribution < -0.4 is 5.32 Å². The highest BCUT2D eigenvalue weighted by atomic mass is 16.3. The average Bonchev–Trinajstić information content (AvgIpc) is 2.46. The van der Waals surface area contributed by atoms with Gasteiger partial charge in [-0.05, 0) is 13.0 Å². The van der Waals surface area contributed by atoms with Gasteiger partial charge in [0.1, 0.15) is 0 Å². The van der Waals surface area contributed by atoms with Crippen molar-refractivity contribution in [3.63, 3.8) is 0 Å². The third-order valence-electron chi connectivity index (χ3n) is 1.73. The fourth-order valence-corrected chi connectivity index (χ4v) is 0.975. The second-order valence-corrected chi connectivity index (χ2v) is 2.75. The standard InChI is InChI=1S/C8H15N3O/c1-11-7-10-6-8(11)5-9-3-2-4-12/h6-7,9,12H,2-5H2,1H3. The second kappa shape index (κ2) is 4.90. The summed E-state index contributed by atoms with van der Waals surface area (Å²) in [6, 6.07) is 0. The Kier molecular flexibility index (Phi) is 3.76. The maximum atomic E-state index is 8.52. The Hall–Kier alpha value is -0.870. The summed E-state index contributed by atoms with van der Waals surface area (Å²) in [4.78, 5) is 3.99. The number of aliphatic hydroxyl groups is 1. The van der Waals surface area contributed by atoms with Crippen LogP contribution in [0, 0.1) is 0 Å². The number of nitrogens with one attached hydrogen (secondary N) is 1. The molecule has 1 aromatic rings. The molecular formula is C8H15N3O. The van der Waals surface area contributed by atoms with Crippen LogP contribution in [0.4, 0.5) is 0 Å². The first-order chi connectivity index (χ1) is 5.84. The summed E-state index contributed by atoms with van der Waals surface area (Å²) in [6.45, 7) is 1.91. The Morgan fingerprint density at radius 2 is 2.50 bits per heavy atom. The smallest absolute Gasteiger partial charge is 0.0945 e. The first kappa shape index (κ1) is 9.22. The third-order valence-corrected chi connectivity index (χ3v) is 1.73. The lowest BCUT2D eigenvalue weighted by molar-refractivity contribution is 0.286. The van der Waals surface area contributed by atoms with Crippen LogP contribution in [0.15, 0.2) is 12.5 Å². The number of hydrogen-bond donors (Lipinski definition) is 2. The van der Waals surface area contributed by atoms with Crippen LogP contribution >= 0.6 is 0 Å². The van der Waals surface area contributed by atoms with Gasteiger partial charge < -0.3 is 15.0 Å². The van der Waals surface area contributed by atoms with Crippen molar-refractivity contribution in [2.45, 2.75) is 13.0 Å². The topological polar surface area (TPSA) is 50.1 Å². The van der Waals surface area contributed by atoms with Gasteiger partial charge in [0.2, 0.25) is 0 Å². The van der Waals surface area contributed by atoms with Gasteiger partial charge in [-0.1, -0.05) is 0 Å². The van der Waals surface area contributed by atoms with Gasteiger partial charge in [0.15, 0.2) is 0 Å². The summed E-state index contributed by atoms with van der Waals surface area (Å²) in [5.41, 5.74) is 1.16. The monoisotopic (exact) mass is 169 g/mol. The summed E-state index contributed by atoms with van der Waals surface area (Å²) >= 11 is 0. The SMILES string of the molecule is Cn1cncc1CNCCCO. The van der Waals surface area contributed by atoms with Crippen LogP contribution in [-0.4, -0.2) is 27.8 Å². The maximum absolute atomic E-state index is 8.52. The predicted molar refractivity (Wildman–Crippen MR) is 46.6 cm³/mol. The number of nitrogens with zero attached hydrogens (tertiary/aromatic N) is 2. The second-order valence-electron chi connectivity index (χ2n) is 2.75. The molecule has 4 heteroatoms. The fourth-order valence-electron chi connectivity index (χ4n) is 0.975. The normalized spacial score (nSPS) is 10.5. The first-order valence-corrected chi connectivity index (χ1v) is 4.11. The summed E-state index contributed by atoms with van der Waals surface area (Å²) in [5, 5.41) is 11.7. The van der Waals surface area contributed by atoms with Crippen molar-refractivity contribution >= 4 is 0 Å². The number of aliphatic hydroxyl groups excluding tert-OH is 1. The lowest BCUT2D eigenvalue weighted by Crippen LogP contribution is -2.17. The summed E-state index contributed by atoms with van der Waals surface area (Å²) in [6.07, 6.45) is 4.42. The molecular weight excluding hydrogens is 154 g/mol. The van der Waals surface area contributed by atoms with Gasteiger partial charge in [0.05, 0.1) is 12.0 Å². The zero-order chi connectivity index (χ0) is 8.81. The van der Waals surface area contributed by atoms with E-state index in [0.29, 0.717) is 0 Å². The highest BCUT2D eigenvalue weighted by Gasteiger charge is 1.95. The Morgan fingerprint density at radius 1 is 1.67 bits per heavy atom. The van der Waals surface area contributed by atoms with E-state index in [2.05, 4.69) is 10.3 Å². The molecule has 1 heterocycles. The van der Waals surface area contributed by atoms with E-state index in [1.807, 2.05) is 17.8 Å². The van der Waals surface area contributed by atoms with Gasteiger partial charge in [0, 0.05) is 26.4 Å². The molecule has 0 atom stereocenters. The Balaban J connectivity index is 2.20. The van der Waals surface area contributed by atoms with Gasteiger partial charge >= 0.3 is 0 Å². The molecule has 0 bridgehead atoms. The van der Waals surface area contributed by atoms with Gasteiger partial charge in [-0.2, -0.15) is 0 Å². The van der Waals surface area contributed by atoms with E-state index in [4.69, 9.17) is 5.11 Å². The summed E-state index contributed by atoms with van der Waals surface area (Å²) in [5.74, 6) is 0. The minimum atomic E-state index is 0.248. The summed E-state index contributed by atoms with van der Waals surface area (Å²) < 4.78 is 1.98. The molecule has 0 fully saturated rings.